The maximum absolute atomic E-state index is 12.0. The summed E-state index contributed by atoms with van der Waals surface area (Å²) in [6, 6.07) is -0.406. The van der Waals surface area contributed by atoms with Crippen LogP contribution in [0.4, 0.5) is 9.93 Å². The Balaban J connectivity index is 1.72. The molecule has 1 aromatic rings. The molecule has 1 aliphatic heterocycles. The number of aryl methyl sites for hydroxylation is 1. The highest BCUT2D eigenvalue weighted by Gasteiger charge is 2.43. The molecule has 1 aliphatic rings. The van der Waals surface area contributed by atoms with E-state index in [4.69, 9.17) is 0 Å². The SMILES string of the molecule is CCCCCc1nnc(NC(=O)CCCN2C(=O)NC(C)(C)C2=O)s1. The summed E-state index contributed by atoms with van der Waals surface area (Å²) >= 11 is 1.39. The average molecular weight is 367 g/mol. The number of unbranched alkanes of at least 4 members (excludes halogenated alkanes) is 2. The predicted octanol–water partition coefficient (Wildman–Crippen LogP) is 2.32. The molecule has 0 atom stereocenters. The van der Waals surface area contributed by atoms with Gasteiger partial charge < -0.3 is 10.6 Å². The summed E-state index contributed by atoms with van der Waals surface area (Å²) in [5.74, 6) is -0.457. The minimum Gasteiger partial charge on any atom is -0.324 e. The topological polar surface area (TPSA) is 104 Å². The van der Waals surface area contributed by atoms with Crippen LogP contribution < -0.4 is 10.6 Å². The normalized spacial score (nSPS) is 16.2. The molecular formula is C16H25N5O3S. The number of carbonyl (C=O) groups excluding carboxylic acids is 3. The van der Waals surface area contributed by atoms with Crippen molar-refractivity contribution in [2.75, 3.05) is 11.9 Å². The van der Waals surface area contributed by atoms with Gasteiger partial charge in [0.05, 0.1) is 0 Å². The molecule has 8 nitrogen and oxygen atoms in total. The first-order valence-electron chi connectivity index (χ1n) is 8.60. The summed E-state index contributed by atoms with van der Waals surface area (Å²) < 4.78 is 0. The number of rotatable bonds is 9. The third-order valence-electron chi connectivity index (χ3n) is 3.94. The molecule has 138 valence electrons. The Kier molecular flexibility index (Phi) is 6.46. The lowest BCUT2D eigenvalue weighted by molar-refractivity contribution is -0.130. The third-order valence-corrected chi connectivity index (χ3v) is 4.84. The fraction of sp³-hybridized carbons (Fsp3) is 0.688. The Morgan fingerprint density at radius 3 is 2.64 bits per heavy atom. The zero-order valence-corrected chi connectivity index (χ0v) is 15.7. The number of imide groups is 1. The van der Waals surface area contributed by atoms with Crippen molar-refractivity contribution < 1.29 is 14.4 Å². The van der Waals surface area contributed by atoms with E-state index >= 15 is 0 Å². The highest BCUT2D eigenvalue weighted by atomic mass is 32.1. The van der Waals surface area contributed by atoms with Crippen LogP contribution in [0.2, 0.25) is 0 Å². The van der Waals surface area contributed by atoms with E-state index in [-0.39, 0.29) is 24.8 Å². The fourth-order valence-corrected chi connectivity index (χ4v) is 3.33. The molecule has 2 heterocycles. The van der Waals surface area contributed by atoms with E-state index < -0.39 is 11.6 Å². The molecule has 9 heteroatoms. The van der Waals surface area contributed by atoms with E-state index in [1.807, 2.05) is 0 Å². The first-order valence-corrected chi connectivity index (χ1v) is 9.41. The van der Waals surface area contributed by atoms with Gasteiger partial charge in [-0.05, 0) is 26.7 Å². The van der Waals surface area contributed by atoms with Crippen LogP contribution in [-0.4, -0.2) is 45.0 Å². The first kappa shape index (κ1) is 19.3. The van der Waals surface area contributed by atoms with Gasteiger partial charge in [-0.15, -0.1) is 10.2 Å². The average Bonchev–Trinajstić information content (AvgIpc) is 3.04. The fourth-order valence-electron chi connectivity index (χ4n) is 2.53. The van der Waals surface area contributed by atoms with Crippen molar-refractivity contribution in [1.29, 1.82) is 0 Å². The molecule has 0 radical (unpaired) electrons. The number of hydrogen-bond donors (Lipinski definition) is 2. The summed E-state index contributed by atoms with van der Waals surface area (Å²) in [4.78, 5) is 36.9. The highest BCUT2D eigenvalue weighted by molar-refractivity contribution is 7.15. The van der Waals surface area contributed by atoms with Gasteiger partial charge in [0.15, 0.2) is 0 Å². The van der Waals surface area contributed by atoms with Crippen LogP contribution in [0.15, 0.2) is 0 Å². The standard InChI is InChI=1S/C16H25N5O3S/c1-4-5-6-9-12-19-20-14(25-12)17-11(22)8-7-10-21-13(23)16(2,3)18-15(21)24/h4-10H2,1-3H3,(H,18,24)(H,17,20,22). The summed E-state index contributed by atoms with van der Waals surface area (Å²) in [6.45, 7) is 5.69. The van der Waals surface area contributed by atoms with Crippen LogP contribution in [0.3, 0.4) is 0 Å². The van der Waals surface area contributed by atoms with Crippen molar-refractivity contribution in [2.24, 2.45) is 0 Å². The molecule has 25 heavy (non-hydrogen) atoms. The molecule has 0 aliphatic carbocycles. The summed E-state index contributed by atoms with van der Waals surface area (Å²) in [5.41, 5.74) is -0.875. The van der Waals surface area contributed by atoms with Crippen LogP contribution in [-0.2, 0) is 16.0 Å². The number of aromatic nitrogens is 2. The van der Waals surface area contributed by atoms with Crippen LogP contribution in [0.1, 0.15) is 57.9 Å². The first-order chi connectivity index (χ1) is 11.8. The van der Waals surface area contributed by atoms with Gasteiger partial charge in [0.1, 0.15) is 10.5 Å². The largest absolute Gasteiger partial charge is 0.325 e. The van der Waals surface area contributed by atoms with E-state index in [0.717, 1.165) is 35.6 Å². The second-order valence-corrected chi connectivity index (χ2v) is 7.68. The van der Waals surface area contributed by atoms with Crippen LogP contribution in [0, 0.1) is 0 Å². The Hall–Kier alpha value is -2.03. The molecule has 0 bridgehead atoms. The number of amides is 4. The number of carbonyl (C=O) groups is 3. The summed E-state index contributed by atoms with van der Waals surface area (Å²) in [5, 5.41) is 14.8. The lowest BCUT2D eigenvalue weighted by Gasteiger charge is -2.15. The van der Waals surface area contributed by atoms with Gasteiger partial charge in [-0.1, -0.05) is 31.1 Å². The van der Waals surface area contributed by atoms with Crippen molar-refractivity contribution in [3.63, 3.8) is 0 Å². The van der Waals surface area contributed by atoms with Gasteiger partial charge in [0.2, 0.25) is 11.0 Å². The maximum atomic E-state index is 12.0. The van der Waals surface area contributed by atoms with Crippen molar-refractivity contribution in [3.8, 4) is 0 Å². The molecule has 0 unspecified atom stereocenters. The molecule has 4 amide bonds. The number of urea groups is 1. The number of nitrogens with one attached hydrogen (secondary N) is 2. The molecule has 2 N–H and O–H groups in total. The minimum absolute atomic E-state index is 0.192. The number of nitrogens with zero attached hydrogens (tertiary/aromatic N) is 3. The zero-order chi connectivity index (χ0) is 18.4. The van der Waals surface area contributed by atoms with Gasteiger partial charge in [0.25, 0.3) is 5.91 Å². The third kappa shape index (κ3) is 5.22. The van der Waals surface area contributed by atoms with Gasteiger partial charge in [-0.2, -0.15) is 0 Å². The van der Waals surface area contributed by atoms with E-state index in [1.54, 1.807) is 13.8 Å². The predicted molar refractivity (Wildman–Crippen MR) is 95.3 cm³/mol. The molecule has 0 aromatic carbocycles. The second-order valence-electron chi connectivity index (χ2n) is 6.62. The lowest BCUT2D eigenvalue weighted by atomic mass is 10.1. The van der Waals surface area contributed by atoms with Crippen LogP contribution in [0.5, 0.6) is 0 Å². The van der Waals surface area contributed by atoms with Crippen LogP contribution in [0.25, 0.3) is 0 Å². The summed E-state index contributed by atoms with van der Waals surface area (Å²) in [6.07, 6.45) is 4.87. The molecule has 0 saturated carbocycles. The smallest absolute Gasteiger partial charge is 0.324 e. The van der Waals surface area contributed by atoms with Crippen molar-refractivity contribution in [3.05, 3.63) is 5.01 Å². The van der Waals surface area contributed by atoms with E-state index in [0.29, 0.717) is 11.6 Å². The van der Waals surface area contributed by atoms with Gasteiger partial charge in [0, 0.05) is 19.4 Å². The molecule has 0 spiro atoms. The van der Waals surface area contributed by atoms with Gasteiger partial charge >= 0.3 is 6.03 Å². The zero-order valence-electron chi connectivity index (χ0n) is 14.9. The van der Waals surface area contributed by atoms with Crippen LogP contribution >= 0.6 is 11.3 Å². The second kappa shape index (κ2) is 8.37. The molecule has 1 aromatic heterocycles. The van der Waals surface area contributed by atoms with Crippen molar-refractivity contribution in [1.82, 2.24) is 20.4 Å². The highest BCUT2D eigenvalue weighted by Crippen LogP contribution is 2.19. The number of anilines is 1. The van der Waals surface area contributed by atoms with Crippen molar-refractivity contribution >= 4 is 34.3 Å². The Morgan fingerprint density at radius 2 is 2.00 bits per heavy atom. The van der Waals surface area contributed by atoms with E-state index in [1.165, 1.54) is 11.3 Å². The quantitative estimate of drug-likeness (QED) is 0.515. The Labute approximate surface area is 151 Å². The van der Waals surface area contributed by atoms with Gasteiger partial charge in [-0.25, -0.2) is 4.79 Å². The van der Waals surface area contributed by atoms with Crippen molar-refractivity contribution in [2.45, 2.75) is 64.8 Å². The Morgan fingerprint density at radius 1 is 1.24 bits per heavy atom. The molecular weight excluding hydrogens is 342 g/mol. The van der Waals surface area contributed by atoms with Gasteiger partial charge in [-0.3, -0.25) is 14.5 Å². The minimum atomic E-state index is -0.875. The summed E-state index contributed by atoms with van der Waals surface area (Å²) in [7, 11) is 0. The monoisotopic (exact) mass is 367 g/mol. The van der Waals surface area contributed by atoms with E-state index in [2.05, 4.69) is 27.8 Å². The molecule has 1 fully saturated rings. The molecule has 2 rings (SSSR count). The lowest BCUT2D eigenvalue weighted by Crippen LogP contribution is -2.40. The number of hydrogen-bond acceptors (Lipinski definition) is 6. The molecule has 1 saturated heterocycles. The van der Waals surface area contributed by atoms with E-state index in [9.17, 15) is 14.4 Å². The Bertz CT molecular complexity index is 643. The maximum Gasteiger partial charge on any atom is 0.325 e.